The van der Waals surface area contributed by atoms with Crippen molar-refractivity contribution in [2.45, 2.75) is 46.5 Å². The maximum absolute atomic E-state index is 3.80. The number of unbranched alkanes of at least 4 members (excludes halogenated alkanes) is 1. The maximum atomic E-state index is 3.80. The second-order valence-corrected chi connectivity index (χ2v) is 3.40. The standard InChI is InChI=1S/C12H22/c1-5-8-10-12(9-6-2)11(4)7-3/h6-7,12H,2,5,8-10H2,1,3-4H3/b11-7-. The molecule has 0 bridgehead atoms. The molecule has 0 saturated heterocycles. The Labute approximate surface area is 77.4 Å². The lowest BCUT2D eigenvalue weighted by Crippen LogP contribution is -2.00. The minimum absolute atomic E-state index is 0.743. The minimum atomic E-state index is 0.743. The summed E-state index contributed by atoms with van der Waals surface area (Å²) in [5.74, 6) is 0.743. The Balaban J connectivity index is 3.93. The second-order valence-electron chi connectivity index (χ2n) is 3.40. The monoisotopic (exact) mass is 166 g/mol. The molecule has 0 aliphatic heterocycles. The first-order valence-corrected chi connectivity index (χ1v) is 4.99. The summed E-state index contributed by atoms with van der Waals surface area (Å²) in [6.45, 7) is 10.4. The Morgan fingerprint density at radius 3 is 2.58 bits per heavy atom. The molecule has 1 unspecified atom stereocenters. The van der Waals surface area contributed by atoms with E-state index in [0.29, 0.717) is 0 Å². The van der Waals surface area contributed by atoms with Crippen molar-refractivity contribution in [3.8, 4) is 0 Å². The van der Waals surface area contributed by atoms with Gasteiger partial charge < -0.3 is 0 Å². The third-order valence-electron chi connectivity index (χ3n) is 2.46. The average Bonchev–Trinajstić information content (AvgIpc) is 2.11. The van der Waals surface area contributed by atoms with Crippen LogP contribution in [0.2, 0.25) is 0 Å². The number of hydrogen-bond donors (Lipinski definition) is 0. The first-order chi connectivity index (χ1) is 5.76. The van der Waals surface area contributed by atoms with Gasteiger partial charge in [-0.2, -0.15) is 0 Å². The molecule has 0 heteroatoms. The Morgan fingerprint density at radius 1 is 1.50 bits per heavy atom. The first kappa shape index (κ1) is 11.5. The van der Waals surface area contributed by atoms with Crippen molar-refractivity contribution < 1.29 is 0 Å². The molecule has 0 N–H and O–H groups in total. The van der Waals surface area contributed by atoms with Crippen molar-refractivity contribution in [3.05, 3.63) is 24.3 Å². The van der Waals surface area contributed by atoms with E-state index < -0.39 is 0 Å². The van der Waals surface area contributed by atoms with E-state index >= 15 is 0 Å². The van der Waals surface area contributed by atoms with Gasteiger partial charge in [-0.25, -0.2) is 0 Å². The summed E-state index contributed by atoms with van der Waals surface area (Å²) in [6.07, 6.45) is 9.35. The maximum Gasteiger partial charge on any atom is -0.0172 e. The fourth-order valence-electron chi connectivity index (χ4n) is 1.42. The highest BCUT2D eigenvalue weighted by atomic mass is 14.1. The van der Waals surface area contributed by atoms with E-state index in [1.165, 1.54) is 24.8 Å². The van der Waals surface area contributed by atoms with Crippen LogP contribution in [0.3, 0.4) is 0 Å². The molecule has 0 saturated carbocycles. The molecule has 0 aromatic rings. The van der Waals surface area contributed by atoms with Crippen LogP contribution in [0.4, 0.5) is 0 Å². The van der Waals surface area contributed by atoms with Gasteiger partial charge in [0, 0.05) is 0 Å². The van der Waals surface area contributed by atoms with Gasteiger partial charge in [-0.1, -0.05) is 37.5 Å². The van der Waals surface area contributed by atoms with Gasteiger partial charge in [0.05, 0.1) is 0 Å². The minimum Gasteiger partial charge on any atom is -0.103 e. The van der Waals surface area contributed by atoms with E-state index in [1.54, 1.807) is 0 Å². The van der Waals surface area contributed by atoms with E-state index in [-0.39, 0.29) is 0 Å². The van der Waals surface area contributed by atoms with Gasteiger partial charge in [0.1, 0.15) is 0 Å². The highest BCUT2D eigenvalue weighted by Crippen LogP contribution is 2.21. The van der Waals surface area contributed by atoms with Crippen LogP contribution in [0, 0.1) is 5.92 Å². The summed E-state index contributed by atoms with van der Waals surface area (Å²) in [6, 6.07) is 0. The zero-order valence-electron chi connectivity index (χ0n) is 8.77. The molecule has 0 radical (unpaired) electrons. The Morgan fingerprint density at radius 2 is 2.17 bits per heavy atom. The van der Waals surface area contributed by atoms with E-state index in [2.05, 4.69) is 33.4 Å². The molecular weight excluding hydrogens is 144 g/mol. The van der Waals surface area contributed by atoms with Gasteiger partial charge in [0.2, 0.25) is 0 Å². The molecule has 0 nitrogen and oxygen atoms in total. The fourth-order valence-corrected chi connectivity index (χ4v) is 1.42. The van der Waals surface area contributed by atoms with Crippen molar-refractivity contribution in [2.75, 3.05) is 0 Å². The zero-order valence-corrected chi connectivity index (χ0v) is 8.77. The lowest BCUT2D eigenvalue weighted by molar-refractivity contribution is 0.535. The van der Waals surface area contributed by atoms with Crippen LogP contribution in [0.5, 0.6) is 0 Å². The molecular formula is C12H22. The van der Waals surface area contributed by atoms with Crippen molar-refractivity contribution in [1.29, 1.82) is 0 Å². The largest absolute Gasteiger partial charge is 0.103 e. The molecule has 0 spiro atoms. The Hall–Kier alpha value is -0.520. The van der Waals surface area contributed by atoms with Gasteiger partial charge in [-0.3, -0.25) is 0 Å². The molecule has 0 rings (SSSR count). The Kier molecular flexibility index (Phi) is 6.84. The molecule has 0 aliphatic carbocycles. The van der Waals surface area contributed by atoms with Gasteiger partial charge in [-0.15, -0.1) is 6.58 Å². The number of hydrogen-bond acceptors (Lipinski definition) is 0. The Bertz CT molecular complexity index is 142. The molecule has 0 aromatic carbocycles. The highest BCUT2D eigenvalue weighted by molar-refractivity contribution is 5.03. The normalized spacial score (nSPS) is 14.4. The summed E-state index contributed by atoms with van der Waals surface area (Å²) in [5, 5.41) is 0. The van der Waals surface area contributed by atoms with Crippen LogP contribution < -0.4 is 0 Å². The van der Waals surface area contributed by atoms with E-state index in [0.717, 1.165) is 12.3 Å². The number of allylic oxidation sites excluding steroid dienone is 3. The summed E-state index contributed by atoms with van der Waals surface area (Å²) >= 11 is 0. The molecule has 12 heavy (non-hydrogen) atoms. The molecule has 70 valence electrons. The summed E-state index contributed by atoms with van der Waals surface area (Å²) in [4.78, 5) is 0. The van der Waals surface area contributed by atoms with Gasteiger partial charge in [0.25, 0.3) is 0 Å². The topological polar surface area (TPSA) is 0 Å². The average molecular weight is 166 g/mol. The van der Waals surface area contributed by atoms with E-state index in [1.807, 2.05) is 6.08 Å². The lowest BCUT2D eigenvalue weighted by atomic mass is 9.91. The third-order valence-corrected chi connectivity index (χ3v) is 2.46. The first-order valence-electron chi connectivity index (χ1n) is 4.99. The van der Waals surface area contributed by atoms with Crippen LogP contribution in [0.15, 0.2) is 24.3 Å². The van der Waals surface area contributed by atoms with E-state index in [9.17, 15) is 0 Å². The zero-order chi connectivity index (χ0) is 9.40. The van der Waals surface area contributed by atoms with Crippen LogP contribution in [0.1, 0.15) is 46.5 Å². The molecule has 0 heterocycles. The van der Waals surface area contributed by atoms with Gasteiger partial charge in [-0.05, 0) is 32.6 Å². The van der Waals surface area contributed by atoms with Crippen LogP contribution in [-0.4, -0.2) is 0 Å². The number of rotatable bonds is 6. The van der Waals surface area contributed by atoms with Crippen LogP contribution >= 0.6 is 0 Å². The quantitative estimate of drug-likeness (QED) is 0.515. The SMILES string of the molecule is C=CCC(CCCC)/C(C)=C\C. The molecule has 0 amide bonds. The van der Waals surface area contributed by atoms with Gasteiger partial charge in [0.15, 0.2) is 0 Å². The van der Waals surface area contributed by atoms with Crippen LogP contribution in [-0.2, 0) is 0 Å². The van der Waals surface area contributed by atoms with Gasteiger partial charge >= 0.3 is 0 Å². The molecule has 0 aromatic heterocycles. The van der Waals surface area contributed by atoms with Crippen molar-refractivity contribution in [2.24, 2.45) is 5.92 Å². The molecule has 0 fully saturated rings. The summed E-state index contributed by atoms with van der Waals surface area (Å²) in [7, 11) is 0. The second kappa shape index (κ2) is 7.15. The van der Waals surface area contributed by atoms with Crippen molar-refractivity contribution >= 4 is 0 Å². The fraction of sp³-hybridized carbons (Fsp3) is 0.667. The predicted molar refractivity (Wildman–Crippen MR) is 57.3 cm³/mol. The smallest absolute Gasteiger partial charge is 0.0172 e. The predicted octanol–water partition coefficient (Wildman–Crippen LogP) is 4.34. The highest BCUT2D eigenvalue weighted by Gasteiger charge is 2.06. The molecule has 1 atom stereocenters. The molecule has 0 aliphatic rings. The third kappa shape index (κ3) is 4.38. The summed E-state index contributed by atoms with van der Waals surface area (Å²) in [5.41, 5.74) is 1.52. The van der Waals surface area contributed by atoms with E-state index in [4.69, 9.17) is 0 Å². The summed E-state index contributed by atoms with van der Waals surface area (Å²) < 4.78 is 0. The van der Waals surface area contributed by atoms with Crippen LogP contribution in [0.25, 0.3) is 0 Å². The van der Waals surface area contributed by atoms with Crippen molar-refractivity contribution in [3.63, 3.8) is 0 Å². The van der Waals surface area contributed by atoms with Crippen molar-refractivity contribution in [1.82, 2.24) is 0 Å². The lowest BCUT2D eigenvalue weighted by Gasteiger charge is -2.14.